The number of anilines is 1. The van der Waals surface area contributed by atoms with Gasteiger partial charge in [-0.05, 0) is 18.1 Å². The van der Waals surface area contributed by atoms with Gasteiger partial charge in [-0.2, -0.15) is 0 Å². The molecule has 0 aromatic heterocycles. The minimum Gasteiger partial charge on any atom is -0.447 e. The smallest absolute Gasteiger partial charge is 0.410 e. The molecule has 2 rings (SSSR count). The maximum absolute atomic E-state index is 11.5. The SMILES string of the molecule is CCC1COC(=O)N1Cc1ccccc1N. The number of rotatable bonds is 3. The van der Waals surface area contributed by atoms with Gasteiger partial charge in [-0.3, -0.25) is 4.90 Å². The minimum absolute atomic E-state index is 0.173. The van der Waals surface area contributed by atoms with Crippen LogP contribution in [0.15, 0.2) is 24.3 Å². The molecule has 0 bridgehead atoms. The van der Waals surface area contributed by atoms with Gasteiger partial charge in [0.2, 0.25) is 0 Å². The van der Waals surface area contributed by atoms with Gasteiger partial charge in [0.1, 0.15) is 6.61 Å². The standard InChI is InChI=1S/C12H16N2O2/c1-2-10-8-16-12(15)14(10)7-9-5-3-4-6-11(9)13/h3-6,10H,2,7-8,13H2,1H3. The number of nitrogen functional groups attached to an aromatic ring is 1. The van der Waals surface area contributed by atoms with E-state index in [9.17, 15) is 4.79 Å². The number of hydrogen-bond donors (Lipinski definition) is 1. The first kappa shape index (κ1) is 10.8. The van der Waals surface area contributed by atoms with Gasteiger partial charge < -0.3 is 10.5 Å². The van der Waals surface area contributed by atoms with Crippen molar-refractivity contribution in [2.45, 2.75) is 25.9 Å². The normalized spacial score (nSPS) is 19.9. The summed E-state index contributed by atoms with van der Waals surface area (Å²) in [7, 11) is 0. The molecule has 1 aliphatic heterocycles. The number of nitrogens with two attached hydrogens (primary N) is 1. The van der Waals surface area contributed by atoms with Crippen molar-refractivity contribution < 1.29 is 9.53 Å². The topological polar surface area (TPSA) is 55.6 Å². The van der Waals surface area contributed by atoms with Crippen LogP contribution in [0.3, 0.4) is 0 Å². The van der Waals surface area contributed by atoms with Gasteiger partial charge in [0.15, 0.2) is 0 Å². The van der Waals surface area contributed by atoms with Gasteiger partial charge in [0.25, 0.3) is 0 Å². The highest BCUT2D eigenvalue weighted by Crippen LogP contribution is 2.21. The third kappa shape index (κ3) is 1.96. The first-order valence-electron chi connectivity index (χ1n) is 5.49. The number of ether oxygens (including phenoxy) is 1. The molecular weight excluding hydrogens is 204 g/mol. The summed E-state index contributed by atoms with van der Waals surface area (Å²) in [6, 6.07) is 7.77. The Morgan fingerprint density at radius 1 is 1.50 bits per heavy atom. The van der Waals surface area contributed by atoms with Crippen LogP contribution in [0.2, 0.25) is 0 Å². The summed E-state index contributed by atoms with van der Waals surface area (Å²) in [4.78, 5) is 13.3. The fourth-order valence-corrected chi connectivity index (χ4v) is 1.88. The number of hydrogen-bond acceptors (Lipinski definition) is 3. The summed E-state index contributed by atoms with van der Waals surface area (Å²) >= 11 is 0. The van der Waals surface area contributed by atoms with E-state index in [1.165, 1.54) is 0 Å². The third-order valence-corrected chi connectivity index (χ3v) is 2.94. The molecule has 0 aliphatic carbocycles. The lowest BCUT2D eigenvalue weighted by atomic mass is 10.1. The van der Waals surface area contributed by atoms with Crippen molar-refractivity contribution in [3.8, 4) is 0 Å². The summed E-state index contributed by atoms with van der Waals surface area (Å²) in [6.45, 7) is 3.07. The van der Waals surface area contributed by atoms with Crippen LogP contribution < -0.4 is 5.73 Å². The van der Waals surface area contributed by atoms with Gasteiger partial charge in [0, 0.05) is 5.69 Å². The number of carbonyl (C=O) groups excluding carboxylic acids is 1. The van der Waals surface area contributed by atoms with E-state index in [-0.39, 0.29) is 12.1 Å². The highest BCUT2D eigenvalue weighted by molar-refractivity contribution is 5.70. The molecule has 0 radical (unpaired) electrons. The molecule has 0 saturated carbocycles. The zero-order chi connectivity index (χ0) is 11.5. The first-order valence-corrected chi connectivity index (χ1v) is 5.49. The van der Waals surface area contributed by atoms with Gasteiger partial charge >= 0.3 is 6.09 Å². The Morgan fingerprint density at radius 3 is 2.94 bits per heavy atom. The van der Waals surface area contributed by atoms with Gasteiger partial charge in [-0.1, -0.05) is 25.1 Å². The van der Waals surface area contributed by atoms with Crippen molar-refractivity contribution in [3.05, 3.63) is 29.8 Å². The predicted molar refractivity (Wildman–Crippen MR) is 61.8 cm³/mol. The average molecular weight is 220 g/mol. The lowest BCUT2D eigenvalue weighted by Crippen LogP contribution is -2.32. The van der Waals surface area contributed by atoms with E-state index in [1.54, 1.807) is 4.90 Å². The number of amides is 1. The van der Waals surface area contributed by atoms with Crippen molar-refractivity contribution >= 4 is 11.8 Å². The number of cyclic esters (lactones) is 1. The largest absolute Gasteiger partial charge is 0.447 e. The van der Waals surface area contributed by atoms with Crippen LogP contribution in [0.25, 0.3) is 0 Å². The summed E-state index contributed by atoms with van der Waals surface area (Å²) in [5.41, 5.74) is 7.54. The van der Waals surface area contributed by atoms with E-state index in [2.05, 4.69) is 0 Å². The Morgan fingerprint density at radius 2 is 2.25 bits per heavy atom. The number of benzene rings is 1. The lowest BCUT2D eigenvalue weighted by molar-refractivity contribution is 0.156. The van der Waals surface area contributed by atoms with Crippen LogP contribution >= 0.6 is 0 Å². The summed E-state index contributed by atoms with van der Waals surface area (Å²) in [5.74, 6) is 0. The monoisotopic (exact) mass is 220 g/mol. The molecule has 86 valence electrons. The molecule has 1 heterocycles. The van der Waals surface area contributed by atoms with Crippen molar-refractivity contribution in [1.82, 2.24) is 4.90 Å². The molecule has 4 nitrogen and oxygen atoms in total. The molecule has 1 aliphatic rings. The van der Waals surface area contributed by atoms with Crippen LogP contribution in [-0.4, -0.2) is 23.6 Å². The molecule has 4 heteroatoms. The Balaban J connectivity index is 2.14. The van der Waals surface area contributed by atoms with Crippen LogP contribution in [0, 0.1) is 0 Å². The highest BCUT2D eigenvalue weighted by atomic mass is 16.6. The maximum Gasteiger partial charge on any atom is 0.410 e. The molecule has 2 N–H and O–H groups in total. The van der Waals surface area contributed by atoms with E-state index in [4.69, 9.17) is 10.5 Å². The summed E-state index contributed by atoms with van der Waals surface area (Å²) in [6.07, 6.45) is 0.661. The Bertz CT molecular complexity index is 392. The van der Waals surface area contributed by atoms with Crippen molar-refractivity contribution in [1.29, 1.82) is 0 Å². The fourth-order valence-electron chi connectivity index (χ4n) is 1.88. The zero-order valence-electron chi connectivity index (χ0n) is 9.35. The maximum atomic E-state index is 11.5. The molecule has 1 aromatic rings. The third-order valence-electron chi connectivity index (χ3n) is 2.94. The molecule has 16 heavy (non-hydrogen) atoms. The summed E-state index contributed by atoms with van der Waals surface area (Å²) < 4.78 is 5.03. The van der Waals surface area contributed by atoms with Crippen LogP contribution in [0.5, 0.6) is 0 Å². The number of nitrogens with zero attached hydrogens (tertiary/aromatic N) is 1. The van der Waals surface area contributed by atoms with Gasteiger partial charge in [-0.15, -0.1) is 0 Å². The summed E-state index contributed by atoms with van der Waals surface area (Å²) in [5, 5.41) is 0. The molecule has 1 unspecified atom stereocenters. The molecule has 1 fully saturated rings. The van der Waals surface area contributed by atoms with E-state index < -0.39 is 0 Å². The van der Waals surface area contributed by atoms with E-state index in [1.807, 2.05) is 31.2 Å². The van der Waals surface area contributed by atoms with E-state index in [0.29, 0.717) is 13.2 Å². The molecular formula is C12H16N2O2. The fraction of sp³-hybridized carbons (Fsp3) is 0.417. The minimum atomic E-state index is -0.241. The Hall–Kier alpha value is -1.71. The molecule has 1 aromatic carbocycles. The molecule has 0 spiro atoms. The van der Waals surface area contributed by atoms with E-state index >= 15 is 0 Å². The second-order valence-electron chi connectivity index (χ2n) is 3.97. The first-order chi connectivity index (χ1) is 7.72. The van der Waals surface area contributed by atoms with E-state index in [0.717, 1.165) is 17.7 Å². The van der Waals surface area contributed by atoms with Gasteiger partial charge in [-0.25, -0.2) is 4.79 Å². The van der Waals surface area contributed by atoms with Gasteiger partial charge in [0.05, 0.1) is 12.6 Å². The Labute approximate surface area is 95.0 Å². The highest BCUT2D eigenvalue weighted by Gasteiger charge is 2.31. The van der Waals surface area contributed by atoms with Crippen molar-refractivity contribution in [2.24, 2.45) is 0 Å². The number of para-hydroxylation sites is 1. The second kappa shape index (κ2) is 4.43. The van der Waals surface area contributed by atoms with Crippen LogP contribution in [0.4, 0.5) is 10.5 Å². The van der Waals surface area contributed by atoms with Crippen LogP contribution in [-0.2, 0) is 11.3 Å². The van der Waals surface area contributed by atoms with Crippen molar-refractivity contribution in [3.63, 3.8) is 0 Å². The average Bonchev–Trinajstić information content (AvgIpc) is 2.63. The zero-order valence-corrected chi connectivity index (χ0v) is 9.35. The molecule has 1 atom stereocenters. The van der Waals surface area contributed by atoms with Crippen LogP contribution in [0.1, 0.15) is 18.9 Å². The second-order valence-corrected chi connectivity index (χ2v) is 3.97. The van der Waals surface area contributed by atoms with Crippen molar-refractivity contribution in [2.75, 3.05) is 12.3 Å². The molecule has 1 saturated heterocycles. The lowest BCUT2D eigenvalue weighted by Gasteiger charge is -2.20. The molecule has 1 amide bonds. The number of carbonyl (C=O) groups is 1. The predicted octanol–water partition coefficient (Wildman–Crippen LogP) is 2.00. The quantitative estimate of drug-likeness (QED) is 0.793. The Kier molecular flexibility index (Phi) is 2.99.